The Kier molecular flexibility index (Phi) is 7.81. The predicted molar refractivity (Wildman–Crippen MR) is 110 cm³/mol. The largest absolute Gasteiger partial charge is 0.495 e. The zero-order valence-corrected chi connectivity index (χ0v) is 16.8. The maximum absolute atomic E-state index is 12.1. The number of unbranched alkanes of at least 4 members (excludes halogenated alkanes) is 1. The summed E-state index contributed by atoms with van der Waals surface area (Å²) in [6.07, 6.45) is 8.14. The van der Waals surface area contributed by atoms with Gasteiger partial charge in [0.15, 0.2) is 0 Å². The van der Waals surface area contributed by atoms with Crippen LogP contribution in [-0.4, -0.2) is 57.2 Å². The van der Waals surface area contributed by atoms with E-state index in [2.05, 4.69) is 27.2 Å². The smallest absolute Gasteiger partial charge is 0.223 e. The number of rotatable bonds is 8. The number of ether oxygens (including phenoxy) is 1. The number of para-hydroxylation sites is 2. The first-order chi connectivity index (χ1) is 13.3. The van der Waals surface area contributed by atoms with E-state index >= 15 is 0 Å². The van der Waals surface area contributed by atoms with Crippen LogP contribution < -0.4 is 15.0 Å². The topological polar surface area (TPSA) is 44.8 Å². The molecule has 1 aromatic rings. The standard InChI is InChI=1S/C22H35N3O2/c1-27-21-12-6-5-11-20(21)25-17-15-24(16-18-25)14-8-7-13-23-22(26)19-9-3-2-4-10-19/h5-6,11-12,19H,2-4,7-10,13-18H2,1H3,(H,23,26). The second kappa shape index (κ2) is 10.5. The molecule has 1 N–H and O–H groups in total. The molecule has 1 saturated heterocycles. The maximum Gasteiger partial charge on any atom is 0.223 e. The van der Waals surface area contributed by atoms with Gasteiger partial charge in [0.2, 0.25) is 5.91 Å². The lowest BCUT2D eigenvalue weighted by Crippen LogP contribution is -2.46. The Bertz CT molecular complexity index is 579. The molecular formula is C22H35N3O2. The van der Waals surface area contributed by atoms with Gasteiger partial charge in [-0.05, 0) is 44.4 Å². The van der Waals surface area contributed by atoms with Crippen molar-refractivity contribution >= 4 is 11.6 Å². The fraction of sp³-hybridized carbons (Fsp3) is 0.682. The molecule has 3 rings (SSSR count). The van der Waals surface area contributed by atoms with Crippen molar-refractivity contribution in [3.63, 3.8) is 0 Å². The number of nitrogens with zero attached hydrogens (tertiary/aromatic N) is 2. The Hall–Kier alpha value is -1.75. The third kappa shape index (κ3) is 5.86. The van der Waals surface area contributed by atoms with E-state index in [0.29, 0.717) is 5.91 Å². The second-order valence-electron chi connectivity index (χ2n) is 7.83. The van der Waals surface area contributed by atoms with Crippen LogP contribution in [0, 0.1) is 5.92 Å². The summed E-state index contributed by atoms with van der Waals surface area (Å²) in [5, 5.41) is 3.15. The van der Waals surface area contributed by atoms with Crippen LogP contribution in [0.25, 0.3) is 0 Å². The molecule has 1 aromatic carbocycles. The monoisotopic (exact) mass is 373 g/mol. The summed E-state index contributed by atoms with van der Waals surface area (Å²) >= 11 is 0. The molecule has 2 aliphatic rings. The quantitative estimate of drug-likeness (QED) is 0.710. The molecule has 2 fully saturated rings. The lowest BCUT2D eigenvalue weighted by Gasteiger charge is -2.36. The van der Waals surface area contributed by atoms with Crippen molar-refractivity contribution < 1.29 is 9.53 Å². The summed E-state index contributed by atoms with van der Waals surface area (Å²) in [6.45, 7) is 6.21. The summed E-state index contributed by atoms with van der Waals surface area (Å²) in [6, 6.07) is 8.27. The Morgan fingerprint density at radius 1 is 1.07 bits per heavy atom. The highest BCUT2D eigenvalue weighted by Gasteiger charge is 2.21. The molecular weight excluding hydrogens is 338 g/mol. The highest BCUT2D eigenvalue weighted by molar-refractivity contribution is 5.78. The summed E-state index contributed by atoms with van der Waals surface area (Å²) < 4.78 is 5.49. The highest BCUT2D eigenvalue weighted by Crippen LogP contribution is 2.28. The first kappa shape index (κ1) is 20.0. The number of methoxy groups -OCH3 is 1. The minimum atomic E-state index is 0.279. The van der Waals surface area contributed by atoms with E-state index in [1.54, 1.807) is 7.11 Å². The number of hydrogen-bond donors (Lipinski definition) is 1. The fourth-order valence-electron chi connectivity index (χ4n) is 4.28. The molecule has 5 nitrogen and oxygen atoms in total. The first-order valence-electron chi connectivity index (χ1n) is 10.7. The van der Waals surface area contributed by atoms with Gasteiger partial charge in [-0.1, -0.05) is 31.4 Å². The number of hydrogen-bond acceptors (Lipinski definition) is 4. The molecule has 0 atom stereocenters. The summed E-state index contributed by atoms with van der Waals surface area (Å²) in [5.74, 6) is 1.53. The normalized spacial score (nSPS) is 19.1. The molecule has 0 bridgehead atoms. The number of benzene rings is 1. The Morgan fingerprint density at radius 3 is 2.56 bits per heavy atom. The molecule has 0 aromatic heterocycles. The first-order valence-corrected chi connectivity index (χ1v) is 10.7. The van der Waals surface area contributed by atoms with Crippen LogP contribution in [0.1, 0.15) is 44.9 Å². The van der Waals surface area contributed by atoms with Gasteiger partial charge in [0, 0.05) is 38.6 Å². The highest BCUT2D eigenvalue weighted by atomic mass is 16.5. The molecule has 0 spiro atoms. The number of carbonyl (C=O) groups excluding carboxylic acids is 1. The third-order valence-electron chi connectivity index (χ3n) is 5.97. The van der Waals surface area contributed by atoms with Gasteiger partial charge in [0.1, 0.15) is 5.75 Å². The SMILES string of the molecule is COc1ccccc1N1CCN(CCCCNC(=O)C2CCCCC2)CC1. The lowest BCUT2D eigenvalue weighted by atomic mass is 9.89. The van der Waals surface area contributed by atoms with Gasteiger partial charge < -0.3 is 15.0 Å². The molecule has 1 heterocycles. The van der Waals surface area contributed by atoms with Gasteiger partial charge in [0.05, 0.1) is 12.8 Å². The summed E-state index contributed by atoms with van der Waals surface area (Å²) in [4.78, 5) is 17.1. The maximum atomic E-state index is 12.1. The van der Waals surface area contributed by atoms with Crippen LogP contribution in [0.5, 0.6) is 5.75 Å². The number of carbonyl (C=O) groups is 1. The van der Waals surface area contributed by atoms with E-state index < -0.39 is 0 Å². The van der Waals surface area contributed by atoms with Crippen molar-refractivity contribution in [2.24, 2.45) is 5.92 Å². The van der Waals surface area contributed by atoms with E-state index in [-0.39, 0.29) is 5.92 Å². The van der Waals surface area contributed by atoms with Gasteiger partial charge in [-0.2, -0.15) is 0 Å². The van der Waals surface area contributed by atoms with E-state index in [4.69, 9.17) is 4.74 Å². The van der Waals surface area contributed by atoms with E-state index in [1.807, 2.05) is 12.1 Å². The van der Waals surface area contributed by atoms with E-state index in [1.165, 1.54) is 24.9 Å². The average molecular weight is 374 g/mol. The molecule has 27 heavy (non-hydrogen) atoms. The molecule has 1 amide bonds. The van der Waals surface area contributed by atoms with Gasteiger partial charge >= 0.3 is 0 Å². The van der Waals surface area contributed by atoms with Gasteiger partial charge in [-0.25, -0.2) is 0 Å². The number of piperazine rings is 1. The molecule has 1 saturated carbocycles. The fourth-order valence-corrected chi connectivity index (χ4v) is 4.28. The zero-order chi connectivity index (χ0) is 18.9. The van der Waals surface area contributed by atoms with Crippen molar-refractivity contribution in [3.05, 3.63) is 24.3 Å². The number of anilines is 1. The molecule has 150 valence electrons. The van der Waals surface area contributed by atoms with E-state index in [9.17, 15) is 4.79 Å². The second-order valence-corrected chi connectivity index (χ2v) is 7.83. The number of amides is 1. The Labute approximate surface area is 164 Å². The molecule has 1 aliphatic heterocycles. The van der Waals surface area contributed by atoms with Crippen molar-refractivity contribution in [3.8, 4) is 5.75 Å². The van der Waals surface area contributed by atoms with Gasteiger partial charge in [0.25, 0.3) is 0 Å². The summed E-state index contributed by atoms with van der Waals surface area (Å²) in [7, 11) is 1.74. The Morgan fingerprint density at radius 2 is 1.81 bits per heavy atom. The van der Waals surface area contributed by atoms with Crippen LogP contribution in [0.4, 0.5) is 5.69 Å². The molecule has 0 unspecified atom stereocenters. The molecule has 1 aliphatic carbocycles. The van der Waals surface area contributed by atoms with Crippen LogP contribution in [0.15, 0.2) is 24.3 Å². The minimum Gasteiger partial charge on any atom is -0.495 e. The van der Waals surface area contributed by atoms with Gasteiger partial charge in [-0.3, -0.25) is 9.69 Å². The van der Waals surface area contributed by atoms with Crippen LogP contribution >= 0.6 is 0 Å². The van der Waals surface area contributed by atoms with Crippen molar-refractivity contribution in [1.82, 2.24) is 10.2 Å². The van der Waals surface area contributed by atoms with Crippen molar-refractivity contribution in [2.45, 2.75) is 44.9 Å². The van der Waals surface area contributed by atoms with Crippen LogP contribution in [0.3, 0.4) is 0 Å². The van der Waals surface area contributed by atoms with Gasteiger partial charge in [-0.15, -0.1) is 0 Å². The molecule has 5 heteroatoms. The lowest BCUT2D eigenvalue weighted by molar-refractivity contribution is -0.125. The minimum absolute atomic E-state index is 0.279. The Balaban J connectivity index is 1.29. The third-order valence-corrected chi connectivity index (χ3v) is 5.97. The molecule has 0 radical (unpaired) electrons. The van der Waals surface area contributed by atoms with E-state index in [0.717, 1.165) is 70.7 Å². The van der Waals surface area contributed by atoms with Crippen molar-refractivity contribution in [1.29, 1.82) is 0 Å². The van der Waals surface area contributed by atoms with Crippen molar-refractivity contribution in [2.75, 3.05) is 51.3 Å². The zero-order valence-electron chi connectivity index (χ0n) is 16.8. The average Bonchev–Trinajstić information content (AvgIpc) is 2.74. The predicted octanol–water partition coefficient (Wildman–Crippen LogP) is 3.29. The van der Waals surface area contributed by atoms with Crippen LogP contribution in [0.2, 0.25) is 0 Å². The number of nitrogens with one attached hydrogen (secondary N) is 1. The summed E-state index contributed by atoms with van der Waals surface area (Å²) in [5.41, 5.74) is 1.20. The van der Waals surface area contributed by atoms with Crippen LogP contribution in [-0.2, 0) is 4.79 Å².